The number of aliphatic imine (C=N–C) groups is 1. The molecule has 2 fully saturated rings. The molecule has 4 unspecified atom stereocenters. The van der Waals surface area contributed by atoms with Crippen molar-refractivity contribution in [2.24, 2.45) is 28.7 Å². The SMILES string of the molecule is CCNC(=NCc1ccccc1[N+](=O)[O-])NCCN1C(=O)C2C3C=CC(C3)C2C1=O.I. The number of nitrogens with zero attached hydrogens (tertiary/aromatic N) is 3. The number of hydrogen-bond acceptors (Lipinski definition) is 5. The standard InChI is InChI=1S/C21H25N5O4.HI/c1-2-22-21(24-12-15-5-3-4-6-16(15)26(29)30)23-9-10-25-19(27)17-13-7-8-14(11-13)18(17)20(25)28;/h3-8,13-14,17-18H,2,9-12H2,1H3,(H2,22,23,24);1H. The first-order valence-corrected chi connectivity index (χ1v) is 10.3. The number of carbonyl (C=O) groups is 2. The number of hydrogen-bond donors (Lipinski definition) is 2. The molecule has 4 atom stereocenters. The number of fused-ring (bicyclic) bond motifs is 5. The van der Waals surface area contributed by atoms with E-state index in [1.807, 2.05) is 6.92 Å². The summed E-state index contributed by atoms with van der Waals surface area (Å²) >= 11 is 0. The first kappa shape index (κ1) is 23.2. The quantitative estimate of drug-likeness (QED) is 0.104. The van der Waals surface area contributed by atoms with Crippen LogP contribution in [0.3, 0.4) is 0 Å². The van der Waals surface area contributed by atoms with Crippen LogP contribution in [0, 0.1) is 33.8 Å². The minimum absolute atomic E-state index is 0. The van der Waals surface area contributed by atoms with Crippen LogP contribution in [0.2, 0.25) is 0 Å². The number of imide groups is 1. The Labute approximate surface area is 197 Å². The molecule has 9 nitrogen and oxygen atoms in total. The van der Waals surface area contributed by atoms with Gasteiger partial charge in [0.25, 0.3) is 5.69 Å². The van der Waals surface area contributed by atoms with Crippen molar-refractivity contribution in [3.63, 3.8) is 0 Å². The summed E-state index contributed by atoms with van der Waals surface area (Å²) in [5.41, 5.74) is 0.542. The Morgan fingerprint density at radius 1 is 1.16 bits per heavy atom. The molecule has 0 aromatic heterocycles. The molecule has 1 saturated heterocycles. The number of halogens is 1. The van der Waals surface area contributed by atoms with Gasteiger partial charge in [-0.25, -0.2) is 4.99 Å². The Hall–Kier alpha value is -2.50. The molecule has 3 aliphatic rings. The maximum absolute atomic E-state index is 12.7. The molecule has 1 saturated carbocycles. The Morgan fingerprint density at radius 2 is 1.81 bits per heavy atom. The summed E-state index contributed by atoms with van der Waals surface area (Å²) in [7, 11) is 0. The smallest absolute Gasteiger partial charge is 0.274 e. The number of benzene rings is 1. The van der Waals surface area contributed by atoms with Crippen LogP contribution in [0.4, 0.5) is 5.69 Å². The second-order valence-electron chi connectivity index (χ2n) is 7.84. The molecule has 0 radical (unpaired) electrons. The Balaban J connectivity index is 0.00000272. The highest BCUT2D eigenvalue weighted by Gasteiger charge is 2.58. The number of allylic oxidation sites excluding steroid dienone is 2. The second kappa shape index (κ2) is 9.75. The van der Waals surface area contributed by atoms with Gasteiger partial charge in [-0.15, -0.1) is 24.0 Å². The summed E-state index contributed by atoms with van der Waals surface area (Å²) in [6.07, 6.45) is 5.08. The summed E-state index contributed by atoms with van der Waals surface area (Å²) < 4.78 is 0. The van der Waals surface area contributed by atoms with E-state index >= 15 is 0 Å². The molecule has 2 aliphatic carbocycles. The highest BCUT2D eigenvalue weighted by atomic mass is 127. The predicted octanol–water partition coefficient (Wildman–Crippen LogP) is 2.08. The van der Waals surface area contributed by atoms with E-state index in [0.29, 0.717) is 24.6 Å². The number of nitro groups is 1. The summed E-state index contributed by atoms with van der Waals surface area (Å²) in [5, 5.41) is 17.4. The lowest BCUT2D eigenvalue weighted by atomic mass is 9.85. The lowest BCUT2D eigenvalue weighted by Crippen LogP contribution is -2.43. The first-order chi connectivity index (χ1) is 14.5. The molecule has 0 spiro atoms. The summed E-state index contributed by atoms with van der Waals surface area (Å²) in [6, 6.07) is 6.49. The molecule has 4 rings (SSSR count). The lowest BCUT2D eigenvalue weighted by Gasteiger charge is -2.18. The van der Waals surface area contributed by atoms with E-state index in [-0.39, 0.29) is 78.2 Å². The number of rotatable bonds is 7. The van der Waals surface area contributed by atoms with E-state index in [2.05, 4.69) is 27.8 Å². The van der Waals surface area contributed by atoms with Gasteiger partial charge in [0.05, 0.1) is 28.9 Å². The number of nitro benzene ring substituents is 1. The van der Waals surface area contributed by atoms with Gasteiger partial charge in [-0.3, -0.25) is 24.6 Å². The van der Waals surface area contributed by atoms with Crippen LogP contribution in [0.5, 0.6) is 0 Å². The molecule has 1 aromatic carbocycles. The minimum atomic E-state index is -0.422. The van der Waals surface area contributed by atoms with E-state index in [1.54, 1.807) is 18.2 Å². The number of carbonyl (C=O) groups excluding carboxylic acids is 2. The van der Waals surface area contributed by atoms with Crippen LogP contribution >= 0.6 is 24.0 Å². The Morgan fingerprint density at radius 3 is 2.42 bits per heavy atom. The highest BCUT2D eigenvalue weighted by molar-refractivity contribution is 14.0. The maximum atomic E-state index is 12.7. The van der Waals surface area contributed by atoms with Gasteiger partial charge in [0.15, 0.2) is 5.96 Å². The lowest BCUT2D eigenvalue weighted by molar-refractivity contribution is -0.385. The molecule has 31 heavy (non-hydrogen) atoms. The van der Waals surface area contributed by atoms with Gasteiger partial charge in [0, 0.05) is 25.7 Å². The van der Waals surface area contributed by atoms with E-state index in [4.69, 9.17) is 0 Å². The van der Waals surface area contributed by atoms with Gasteiger partial charge in [-0.05, 0) is 25.2 Å². The minimum Gasteiger partial charge on any atom is -0.357 e. The molecule has 1 heterocycles. The number of nitrogens with one attached hydrogen (secondary N) is 2. The largest absolute Gasteiger partial charge is 0.357 e. The fourth-order valence-electron chi connectivity index (χ4n) is 4.80. The summed E-state index contributed by atoms with van der Waals surface area (Å²) in [4.78, 5) is 42.0. The van der Waals surface area contributed by atoms with Crippen LogP contribution in [0.15, 0.2) is 41.4 Å². The van der Waals surface area contributed by atoms with Crippen LogP contribution in [-0.2, 0) is 16.1 Å². The van der Waals surface area contributed by atoms with Gasteiger partial charge in [-0.1, -0.05) is 30.4 Å². The van der Waals surface area contributed by atoms with Crippen molar-refractivity contribution >= 4 is 47.4 Å². The van der Waals surface area contributed by atoms with Crippen LogP contribution in [0.1, 0.15) is 18.9 Å². The molecular formula is C21H26IN5O4. The van der Waals surface area contributed by atoms with Crippen molar-refractivity contribution in [1.82, 2.24) is 15.5 Å². The molecule has 2 N–H and O–H groups in total. The number of guanidine groups is 1. The number of likely N-dealkylation sites (tertiary alicyclic amines) is 1. The van der Waals surface area contributed by atoms with Crippen molar-refractivity contribution in [3.8, 4) is 0 Å². The molecule has 1 aromatic rings. The van der Waals surface area contributed by atoms with Crippen molar-refractivity contribution in [1.29, 1.82) is 0 Å². The normalized spacial score (nSPS) is 26.1. The third kappa shape index (κ3) is 4.43. The Kier molecular flexibility index (Phi) is 7.29. The van der Waals surface area contributed by atoms with E-state index in [0.717, 1.165) is 6.42 Å². The molecule has 1 aliphatic heterocycles. The van der Waals surface area contributed by atoms with E-state index in [9.17, 15) is 19.7 Å². The third-order valence-electron chi connectivity index (χ3n) is 6.13. The molecule has 2 amide bonds. The van der Waals surface area contributed by atoms with Crippen molar-refractivity contribution < 1.29 is 14.5 Å². The summed E-state index contributed by atoms with van der Waals surface area (Å²) in [6.45, 7) is 3.32. The van der Waals surface area contributed by atoms with E-state index < -0.39 is 4.92 Å². The molecular weight excluding hydrogens is 513 g/mol. The van der Waals surface area contributed by atoms with Crippen LogP contribution in [0.25, 0.3) is 0 Å². The Bertz CT molecular complexity index is 904. The predicted molar refractivity (Wildman–Crippen MR) is 126 cm³/mol. The van der Waals surface area contributed by atoms with Crippen LogP contribution in [-0.4, -0.2) is 47.2 Å². The van der Waals surface area contributed by atoms with Gasteiger partial charge in [0.2, 0.25) is 11.8 Å². The van der Waals surface area contributed by atoms with E-state index in [1.165, 1.54) is 11.0 Å². The zero-order chi connectivity index (χ0) is 21.3. The maximum Gasteiger partial charge on any atom is 0.274 e. The molecule has 166 valence electrons. The first-order valence-electron chi connectivity index (χ1n) is 10.3. The van der Waals surface area contributed by atoms with Gasteiger partial charge >= 0.3 is 0 Å². The third-order valence-corrected chi connectivity index (χ3v) is 6.13. The average Bonchev–Trinajstić information content (AvgIpc) is 3.41. The number of amides is 2. The van der Waals surface area contributed by atoms with Crippen LogP contribution < -0.4 is 10.6 Å². The van der Waals surface area contributed by atoms with Gasteiger partial charge in [0.1, 0.15) is 0 Å². The van der Waals surface area contributed by atoms with Crippen molar-refractivity contribution in [2.45, 2.75) is 19.9 Å². The topological polar surface area (TPSA) is 117 Å². The summed E-state index contributed by atoms with van der Waals surface area (Å²) in [5.74, 6) is 0.388. The fourth-order valence-corrected chi connectivity index (χ4v) is 4.80. The van der Waals surface area contributed by atoms with Gasteiger partial charge < -0.3 is 10.6 Å². The monoisotopic (exact) mass is 539 g/mol. The number of para-hydroxylation sites is 1. The molecule has 10 heteroatoms. The zero-order valence-corrected chi connectivity index (χ0v) is 19.5. The second-order valence-corrected chi connectivity index (χ2v) is 7.84. The molecule has 2 bridgehead atoms. The van der Waals surface area contributed by atoms with Gasteiger partial charge in [-0.2, -0.15) is 0 Å². The fraction of sp³-hybridized carbons (Fsp3) is 0.476. The average molecular weight is 539 g/mol. The van der Waals surface area contributed by atoms with Crippen molar-refractivity contribution in [3.05, 3.63) is 52.1 Å². The highest BCUT2D eigenvalue weighted by Crippen LogP contribution is 2.52. The zero-order valence-electron chi connectivity index (χ0n) is 17.2. The van der Waals surface area contributed by atoms with Crippen molar-refractivity contribution in [2.75, 3.05) is 19.6 Å².